The highest BCUT2D eigenvalue weighted by atomic mass is 35.5. The van der Waals surface area contributed by atoms with Crippen LogP contribution in [0.15, 0.2) is 54.7 Å². The van der Waals surface area contributed by atoms with Gasteiger partial charge in [-0.1, -0.05) is 51.1 Å². The van der Waals surface area contributed by atoms with E-state index in [0.29, 0.717) is 18.0 Å². The fourth-order valence-corrected chi connectivity index (χ4v) is 4.41. The van der Waals surface area contributed by atoms with E-state index in [0.717, 1.165) is 28.8 Å². The van der Waals surface area contributed by atoms with Crippen LogP contribution in [0.3, 0.4) is 0 Å². The molecule has 162 valence electrons. The Morgan fingerprint density at radius 2 is 1.94 bits per heavy atom. The number of nitrogens with one attached hydrogen (secondary N) is 1. The first-order valence-electron chi connectivity index (χ1n) is 10.2. The summed E-state index contributed by atoms with van der Waals surface area (Å²) in [5, 5.41) is 8.13. The molecule has 0 bridgehead atoms. The molecule has 0 aliphatic carbocycles. The maximum Gasteiger partial charge on any atom is 0.290 e. The number of aromatic amines is 1. The summed E-state index contributed by atoms with van der Waals surface area (Å²) in [6.45, 7) is 6.94. The molecule has 31 heavy (non-hydrogen) atoms. The average molecular weight is 439 g/mol. The van der Waals surface area contributed by atoms with E-state index in [1.165, 1.54) is 10.9 Å². The molecule has 0 spiro atoms. The third-order valence-corrected chi connectivity index (χ3v) is 5.86. The summed E-state index contributed by atoms with van der Waals surface area (Å²) < 4.78 is 0. The summed E-state index contributed by atoms with van der Waals surface area (Å²) in [6.07, 6.45) is 2.88. The van der Waals surface area contributed by atoms with Gasteiger partial charge >= 0.3 is 0 Å². The Hall–Kier alpha value is -3.05. The largest absolute Gasteiger partial charge is 0.483 e. The zero-order chi connectivity index (χ0) is 22.6. The number of amides is 1. The first-order valence-corrected chi connectivity index (χ1v) is 10.8. The molecule has 1 aliphatic rings. The van der Waals surface area contributed by atoms with Crippen molar-refractivity contribution in [1.29, 1.82) is 0 Å². The minimum absolute atomic E-state index is 0.0143. The molecular formula is C25H27ClN2O3. The highest BCUT2D eigenvalue weighted by molar-refractivity contribution is 6.17. The van der Waals surface area contributed by atoms with E-state index in [4.69, 9.17) is 21.5 Å². The quantitative estimate of drug-likeness (QED) is 0.401. The molecule has 3 aromatic rings. The number of rotatable bonds is 3. The van der Waals surface area contributed by atoms with E-state index in [2.05, 4.69) is 50.0 Å². The lowest BCUT2D eigenvalue weighted by molar-refractivity contribution is -0.122. The molecule has 4 rings (SSSR count). The number of fused-ring (bicyclic) bond motifs is 3. The van der Waals surface area contributed by atoms with E-state index in [1.807, 2.05) is 35.4 Å². The van der Waals surface area contributed by atoms with Gasteiger partial charge in [0.1, 0.15) is 0 Å². The number of hydrogen-bond donors (Lipinski definition) is 2. The number of alkyl halides is 1. The summed E-state index contributed by atoms with van der Waals surface area (Å²) in [4.78, 5) is 27.2. The standard InChI is InChI=1S/C24H25ClN2O.CH2O2/c1-4-17-14-27(23(28)18-9-7-8-16(12-18)13-25)15-24(2,3)21-19-10-5-6-11-20(19)26-22(17)21;2-1-3/h5-12,14,26H,4,13,15H2,1-3H3;1H,(H,2,3). The molecule has 0 fully saturated rings. The van der Waals surface area contributed by atoms with Crippen molar-refractivity contribution < 1.29 is 14.7 Å². The highest BCUT2D eigenvalue weighted by Gasteiger charge is 2.34. The van der Waals surface area contributed by atoms with Crippen LogP contribution in [0.4, 0.5) is 0 Å². The smallest absolute Gasteiger partial charge is 0.290 e. The van der Waals surface area contributed by atoms with Crippen molar-refractivity contribution in [2.45, 2.75) is 38.5 Å². The lowest BCUT2D eigenvalue weighted by Crippen LogP contribution is -2.36. The lowest BCUT2D eigenvalue weighted by Gasteiger charge is -2.29. The van der Waals surface area contributed by atoms with Crippen LogP contribution in [-0.4, -0.2) is 33.9 Å². The van der Waals surface area contributed by atoms with Gasteiger partial charge < -0.3 is 15.0 Å². The minimum Gasteiger partial charge on any atom is -0.483 e. The topological polar surface area (TPSA) is 73.4 Å². The Balaban J connectivity index is 0.000000858. The minimum atomic E-state index is -0.250. The fraction of sp³-hybridized carbons (Fsp3) is 0.280. The fourth-order valence-electron chi connectivity index (χ4n) is 4.24. The molecule has 0 atom stereocenters. The average Bonchev–Trinajstić information content (AvgIpc) is 3.12. The SMILES string of the molecule is CCC1=CN(C(=O)c2cccc(CCl)c2)CC(C)(C)c2c1[nH]c1ccccc21.O=CO. The van der Waals surface area contributed by atoms with E-state index < -0.39 is 0 Å². The normalized spacial score (nSPS) is 14.7. The molecule has 0 saturated heterocycles. The maximum atomic E-state index is 13.3. The number of para-hydroxylation sites is 1. The Bertz CT molecular complexity index is 1130. The van der Waals surface area contributed by atoms with Crippen molar-refractivity contribution >= 4 is 40.5 Å². The van der Waals surface area contributed by atoms with Crippen LogP contribution in [0, 0.1) is 0 Å². The van der Waals surface area contributed by atoms with Gasteiger partial charge in [-0.3, -0.25) is 9.59 Å². The zero-order valence-corrected chi connectivity index (χ0v) is 18.7. The second-order valence-electron chi connectivity index (χ2n) is 8.18. The monoisotopic (exact) mass is 438 g/mol. The molecule has 0 saturated carbocycles. The number of hydrogen-bond acceptors (Lipinski definition) is 2. The molecule has 0 unspecified atom stereocenters. The molecule has 0 radical (unpaired) electrons. The van der Waals surface area contributed by atoms with Gasteiger partial charge in [0.15, 0.2) is 0 Å². The number of allylic oxidation sites excluding steroid dienone is 1. The van der Waals surface area contributed by atoms with Gasteiger partial charge in [0.2, 0.25) is 0 Å². The lowest BCUT2D eigenvalue weighted by atomic mass is 9.81. The van der Waals surface area contributed by atoms with Crippen molar-refractivity contribution in [2.75, 3.05) is 6.54 Å². The number of carboxylic acid groups (broad SMARTS) is 1. The first kappa shape index (κ1) is 22.6. The first-order chi connectivity index (χ1) is 14.9. The van der Waals surface area contributed by atoms with Gasteiger partial charge in [0, 0.05) is 46.2 Å². The number of halogens is 1. The van der Waals surface area contributed by atoms with Gasteiger partial charge in [-0.25, -0.2) is 0 Å². The molecule has 1 aliphatic heterocycles. The van der Waals surface area contributed by atoms with Crippen LogP contribution in [0.25, 0.3) is 16.5 Å². The molecule has 2 aromatic carbocycles. The van der Waals surface area contributed by atoms with Gasteiger partial charge in [-0.15, -0.1) is 11.6 Å². The third-order valence-electron chi connectivity index (χ3n) is 5.55. The predicted molar refractivity (Wildman–Crippen MR) is 125 cm³/mol. The number of carbonyl (C=O) groups excluding carboxylic acids is 1. The summed E-state index contributed by atoms with van der Waals surface area (Å²) >= 11 is 5.97. The van der Waals surface area contributed by atoms with E-state index in [1.54, 1.807) is 0 Å². The Morgan fingerprint density at radius 1 is 1.23 bits per heavy atom. The summed E-state index contributed by atoms with van der Waals surface area (Å²) in [5.41, 5.74) is 6.18. The Kier molecular flexibility index (Phi) is 6.86. The number of H-pyrrole nitrogens is 1. The maximum absolute atomic E-state index is 13.3. The molecule has 2 N–H and O–H groups in total. The van der Waals surface area contributed by atoms with Gasteiger partial charge in [-0.2, -0.15) is 0 Å². The number of nitrogens with zero attached hydrogens (tertiary/aromatic N) is 1. The number of aromatic nitrogens is 1. The van der Waals surface area contributed by atoms with Crippen LogP contribution in [0.1, 0.15) is 54.4 Å². The molecule has 1 aromatic heterocycles. The number of carbonyl (C=O) groups is 2. The molecule has 1 amide bonds. The second-order valence-corrected chi connectivity index (χ2v) is 8.45. The highest BCUT2D eigenvalue weighted by Crippen LogP contribution is 2.40. The zero-order valence-electron chi connectivity index (χ0n) is 18.0. The van der Waals surface area contributed by atoms with Gasteiger partial charge in [-0.05, 0) is 41.3 Å². The molecular weight excluding hydrogens is 412 g/mol. The van der Waals surface area contributed by atoms with Crippen molar-refractivity contribution in [2.24, 2.45) is 0 Å². The van der Waals surface area contributed by atoms with Crippen molar-refractivity contribution in [1.82, 2.24) is 9.88 Å². The van der Waals surface area contributed by atoms with Crippen molar-refractivity contribution in [3.63, 3.8) is 0 Å². The molecule has 6 heteroatoms. The Labute approximate surface area is 187 Å². The predicted octanol–water partition coefficient (Wildman–Crippen LogP) is 5.79. The molecule has 2 heterocycles. The van der Waals surface area contributed by atoms with Gasteiger partial charge in [0.05, 0.1) is 0 Å². The summed E-state index contributed by atoms with van der Waals surface area (Å²) in [5.74, 6) is 0.416. The third kappa shape index (κ3) is 4.52. The van der Waals surface area contributed by atoms with Crippen LogP contribution in [-0.2, 0) is 16.1 Å². The van der Waals surface area contributed by atoms with Crippen LogP contribution < -0.4 is 0 Å². The van der Waals surface area contributed by atoms with Crippen LogP contribution in [0.5, 0.6) is 0 Å². The van der Waals surface area contributed by atoms with Crippen molar-refractivity contribution in [3.05, 3.63) is 77.1 Å². The van der Waals surface area contributed by atoms with E-state index in [9.17, 15) is 4.79 Å². The van der Waals surface area contributed by atoms with Gasteiger partial charge in [0.25, 0.3) is 12.4 Å². The van der Waals surface area contributed by atoms with Crippen LogP contribution in [0.2, 0.25) is 0 Å². The summed E-state index contributed by atoms with van der Waals surface area (Å²) in [6, 6.07) is 16.0. The van der Waals surface area contributed by atoms with E-state index >= 15 is 0 Å². The Morgan fingerprint density at radius 3 is 2.61 bits per heavy atom. The van der Waals surface area contributed by atoms with Crippen molar-refractivity contribution in [3.8, 4) is 0 Å². The van der Waals surface area contributed by atoms with E-state index in [-0.39, 0.29) is 17.8 Å². The molecule has 5 nitrogen and oxygen atoms in total. The number of benzene rings is 2. The van der Waals surface area contributed by atoms with Crippen LogP contribution >= 0.6 is 11.6 Å². The second kappa shape index (κ2) is 9.40. The summed E-state index contributed by atoms with van der Waals surface area (Å²) in [7, 11) is 0.